The first-order valence-electron chi connectivity index (χ1n) is 9.24. The van der Waals surface area contributed by atoms with E-state index in [1.54, 1.807) is 16.7 Å². The van der Waals surface area contributed by atoms with Crippen molar-refractivity contribution in [3.05, 3.63) is 0 Å². The van der Waals surface area contributed by atoms with Gasteiger partial charge in [-0.05, 0) is 18.3 Å². The molecule has 0 aromatic heterocycles. The highest BCUT2D eigenvalue weighted by Gasteiger charge is 2.31. The van der Waals surface area contributed by atoms with Crippen LogP contribution in [0.3, 0.4) is 0 Å². The summed E-state index contributed by atoms with van der Waals surface area (Å²) in [5, 5.41) is 2.96. The van der Waals surface area contributed by atoms with Gasteiger partial charge in [-0.3, -0.25) is 9.59 Å². The maximum absolute atomic E-state index is 12.7. The van der Waals surface area contributed by atoms with Gasteiger partial charge in [0.25, 0.3) is 0 Å². The van der Waals surface area contributed by atoms with Crippen LogP contribution in [0.2, 0.25) is 0 Å². The highest BCUT2D eigenvalue weighted by Crippen LogP contribution is 2.20. The average molecular weight is 352 g/mol. The van der Waals surface area contributed by atoms with Gasteiger partial charge in [-0.1, -0.05) is 20.8 Å². The van der Waals surface area contributed by atoms with Crippen LogP contribution >= 0.6 is 0 Å². The van der Waals surface area contributed by atoms with Gasteiger partial charge >= 0.3 is 6.03 Å². The van der Waals surface area contributed by atoms with Crippen molar-refractivity contribution in [1.82, 2.24) is 20.0 Å². The molecule has 2 aliphatic heterocycles. The van der Waals surface area contributed by atoms with E-state index in [1.165, 1.54) is 0 Å². The predicted molar refractivity (Wildman–Crippen MR) is 96.0 cm³/mol. The van der Waals surface area contributed by atoms with Crippen LogP contribution in [0, 0.1) is 11.3 Å². The van der Waals surface area contributed by atoms with Gasteiger partial charge in [0, 0.05) is 58.7 Å². The molecule has 7 nitrogen and oxygen atoms in total. The lowest BCUT2D eigenvalue weighted by Crippen LogP contribution is -2.55. The number of nitrogens with zero attached hydrogens (tertiary/aromatic N) is 3. The minimum absolute atomic E-state index is 0.0110. The summed E-state index contributed by atoms with van der Waals surface area (Å²) in [6.07, 6.45) is 1.48. The van der Waals surface area contributed by atoms with Crippen LogP contribution in [0.25, 0.3) is 0 Å². The van der Waals surface area contributed by atoms with E-state index in [4.69, 9.17) is 0 Å². The summed E-state index contributed by atoms with van der Waals surface area (Å²) in [6, 6.07) is -0.0446. The van der Waals surface area contributed by atoms with Gasteiger partial charge in [0.05, 0.1) is 0 Å². The van der Waals surface area contributed by atoms with Gasteiger partial charge in [0.2, 0.25) is 11.8 Å². The number of carbonyl (C=O) groups is 3. The lowest BCUT2D eigenvalue weighted by molar-refractivity contribution is -0.141. The molecule has 2 saturated heterocycles. The Morgan fingerprint density at radius 2 is 1.40 bits per heavy atom. The van der Waals surface area contributed by atoms with Crippen LogP contribution in [-0.2, 0) is 9.59 Å². The van der Waals surface area contributed by atoms with Crippen molar-refractivity contribution in [1.29, 1.82) is 0 Å². The summed E-state index contributed by atoms with van der Waals surface area (Å²) >= 11 is 0. The van der Waals surface area contributed by atoms with Gasteiger partial charge in [-0.15, -0.1) is 0 Å². The Kier molecular flexibility index (Phi) is 6.30. The van der Waals surface area contributed by atoms with Crippen LogP contribution in [-0.4, -0.2) is 78.4 Å². The van der Waals surface area contributed by atoms with Crippen molar-refractivity contribution in [2.45, 2.75) is 40.5 Å². The second kappa shape index (κ2) is 8.06. The number of amides is 4. The van der Waals surface area contributed by atoms with Crippen molar-refractivity contribution in [3.8, 4) is 0 Å². The van der Waals surface area contributed by atoms with Gasteiger partial charge < -0.3 is 20.0 Å². The molecule has 4 amide bonds. The third-order valence-corrected chi connectivity index (χ3v) is 4.94. The van der Waals surface area contributed by atoms with E-state index >= 15 is 0 Å². The zero-order valence-corrected chi connectivity index (χ0v) is 16.0. The van der Waals surface area contributed by atoms with Crippen molar-refractivity contribution in [2.24, 2.45) is 11.3 Å². The second-order valence-electron chi connectivity index (χ2n) is 8.31. The Morgan fingerprint density at radius 3 is 1.88 bits per heavy atom. The number of piperazine rings is 1. The van der Waals surface area contributed by atoms with Crippen LogP contribution < -0.4 is 5.32 Å². The van der Waals surface area contributed by atoms with E-state index in [-0.39, 0.29) is 29.2 Å². The Balaban J connectivity index is 1.75. The summed E-state index contributed by atoms with van der Waals surface area (Å²) in [7, 11) is 0. The van der Waals surface area contributed by atoms with Gasteiger partial charge in [-0.25, -0.2) is 4.79 Å². The fraction of sp³-hybridized carbons (Fsp3) is 0.833. The zero-order chi connectivity index (χ0) is 18.6. The maximum Gasteiger partial charge on any atom is 0.317 e. The monoisotopic (exact) mass is 352 g/mol. The number of piperidine rings is 1. The molecule has 0 aliphatic carbocycles. The van der Waals surface area contributed by atoms with E-state index in [2.05, 4.69) is 26.1 Å². The first-order chi connectivity index (χ1) is 11.7. The van der Waals surface area contributed by atoms with E-state index in [0.717, 1.165) is 12.8 Å². The topological polar surface area (TPSA) is 73.0 Å². The number of hydrogen-bond donors (Lipinski definition) is 1. The first kappa shape index (κ1) is 19.5. The molecule has 25 heavy (non-hydrogen) atoms. The molecule has 1 N–H and O–H groups in total. The highest BCUT2D eigenvalue weighted by molar-refractivity contribution is 5.80. The molecule has 2 rings (SSSR count). The molecule has 0 bridgehead atoms. The minimum Gasteiger partial charge on any atom is -0.343 e. The number of rotatable bonds is 2. The molecule has 2 heterocycles. The fourth-order valence-corrected chi connectivity index (χ4v) is 3.28. The molecule has 0 spiro atoms. The van der Waals surface area contributed by atoms with Crippen LogP contribution in [0.1, 0.15) is 40.5 Å². The summed E-state index contributed by atoms with van der Waals surface area (Å²) in [5.74, 6) is 0.274. The molecule has 0 unspecified atom stereocenters. The third-order valence-electron chi connectivity index (χ3n) is 4.94. The number of urea groups is 1. The van der Waals surface area contributed by atoms with E-state index in [1.807, 2.05) is 4.90 Å². The zero-order valence-electron chi connectivity index (χ0n) is 16.0. The van der Waals surface area contributed by atoms with Crippen molar-refractivity contribution in [3.63, 3.8) is 0 Å². The molecule has 2 fully saturated rings. The quantitative estimate of drug-likeness (QED) is 0.810. The smallest absolute Gasteiger partial charge is 0.317 e. The molecule has 0 radical (unpaired) electrons. The number of carbonyl (C=O) groups excluding carboxylic acids is 3. The molecule has 142 valence electrons. The average Bonchev–Trinajstić information content (AvgIpc) is 2.58. The number of hydrogen-bond acceptors (Lipinski definition) is 3. The molecule has 0 atom stereocenters. The first-order valence-corrected chi connectivity index (χ1v) is 9.24. The second-order valence-corrected chi connectivity index (χ2v) is 8.31. The van der Waals surface area contributed by atoms with Crippen molar-refractivity contribution >= 4 is 17.8 Å². The fourth-order valence-electron chi connectivity index (χ4n) is 3.28. The van der Waals surface area contributed by atoms with Gasteiger partial charge in [0.1, 0.15) is 0 Å². The van der Waals surface area contributed by atoms with Crippen LogP contribution in [0.4, 0.5) is 4.79 Å². The minimum atomic E-state index is -0.0446. The Labute approximate surface area is 150 Å². The normalized spacial score (nSPS) is 19.8. The van der Waals surface area contributed by atoms with Gasteiger partial charge in [0.15, 0.2) is 0 Å². The SMILES string of the molecule is CC(=O)N1CCC(C(=O)N2CCN(C(=O)NCC(C)(C)C)CC2)CC1. The lowest BCUT2D eigenvalue weighted by atomic mass is 9.95. The summed E-state index contributed by atoms with van der Waals surface area (Å²) in [6.45, 7) is 12.1. The van der Waals surface area contributed by atoms with E-state index < -0.39 is 0 Å². The van der Waals surface area contributed by atoms with Crippen LogP contribution in [0.15, 0.2) is 0 Å². The number of likely N-dealkylation sites (tertiary alicyclic amines) is 1. The molecule has 7 heteroatoms. The standard InChI is InChI=1S/C18H32N4O3/c1-14(23)20-7-5-15(6-8-20)16(24)21-9-11-22(12-10-21)17(25)19-13-18(2,3)4/h15H,5-13H2,1-4H3,(H,19,25). The molecule has 0 saturated carbocycles. The van der Waals surface area contributed by atoms with E-state index in [0.29, 0.717) is 45.8 Å². The highest BCUT2D eigenvalue weighted by atomic mass is 16.2. The van der Waals surface area contributed by atoms with Crippen LogP contribution in [0.5, 0.6) is 0 Å². The molecular weight excluding hydrogens is 320 g/mol. The molecular formula is C18H32N4O3. The van der Waals surface area contributed by atoms with Gasteiger partial charge in [-0.2, -0.15) is 0 Å². The van der Waals surface area contributed by atoms with Crippen molar-refractivity contribution < 1.29 is 14.4 Å². The molecule has 2 aliphatic rings. The third kappa shape index (κ3) is 5.61. The molecule has 0 aromatic carbocycles. The molecule has 0 aromatic rings. The summed E-state index contributed by atoms with van der Waals surface area (Å²) < 4.78 is 0. The number of nitrogens with one attached hydrogen (secondary N) is 1. The predicted octanol–water partition coefficient (Wildman–Crippen LogP) is 1.14. The van der Waals surface area contributed by atoms with Crippen molar-refractivity contribution in [2.75, 3.05) is 45.8 Å². The maximum atomic E-state index is 12.7. The summed E-state index contributed by atoms with van der Waals surface area (Å²) in [4.78, 5) is 41.7. The van der Waals surface area contributed by atoms with E-state index in [9.17, 15) is 14.4 Å². The Bertz CT molecular complexity index is 499. The Hall–Kier alpha value is -1.79. The largest absolute Gasteiger partial charge is 0.343 e. The Morgan fingerprint density at radius 1 is 0.880 bits per heavy atom. The lowest BCUT2D eigenvalue weighted by Gasteiger charge is -2.38. The summed E-state index contributed by atoms with van der Waals surface area (Å²) in [5.41, 5.74) is 0.0577.